The molecule has 0 saturated carbocycles. The van der Waals surface area contributed by atoms with Crippen molar-refractivity contribution in [2.45, 2.75) is 6.92 Å². The third-order valence-electron chi connectivity index (χ3n) is 4.38. The van der Waals surface area contributed by atoms with E-state index in [1.807, 2.05) is 18.2 Å². The van der Waals surface area contributed by atoms with Crippen molar-refractivity contribution in [2.75, 3.05) is 12.4 Å². The Morgan fingerprint density at radius 2 is 1.83 bits per heavy atom. The van der Waals surface area contributed by atoms with Crippen LogP contribution < -0.4 is 10.1 Å². The highest BCUT2D eigenvalue weighted by atomic mass is 19.1. The van der Waals surface area contributed by atoms with Crippen molar-refractivity contribution in [3.63, 3.8) is 0 Å². The molecule has 2 aromatic heterocycles. The number of methoxy groups -OCH3 is 1. The monoisotopic (exact) mass is 388 g/mol. The fourth-order valence-corrected chi connectivity index (χ4v) is 3.05. The first-order chi connectivity index (χ1) is 14.0. The number of nitrogens with zero attached hydrogens (tertiary/aromatic N) is 3. The number of fused-ring (bicyclic) bond motifs is 1. The third kappa shape index (κ3) is 3.75. The Balaban J connectivity index is 1.98. The number of hydrogen-bond donors (Lipinski definition) is 1. The second-order valence-corrected chi connectivity index (χ2v) is 6.40. The molecule has 29 heavy (non-hydrogen) atoms. The minimum absolute atomic E-state index is 0.256. The van der Waals surface area contributed by atoms with Gasteiger partial charge in [-0.1, -0.05) is 12.1 Å². The van der Waals surface area contributed by atoms with Crippen LogP contribution in [0.1, 0.15) is 6.92 Å². The van der Waals surface area contributed by atoms with Gasteiger partial charge in [-0.2, -0.15) is 0 Å². The lowest BCUT2D eigenvalue weighted by molar-refractivity contribution is -0.114. The first-order valence-electron chi connectivity index (χ1n) is 8.89. The molecule has 0 saturated heterocycles. The molecule has 2 heterocycles. The van der Waals surface area contributed by atoms with Gasteiger partial charge in [-0.05, 0) is 47.5 Å². The first kappa shape index (κ1) is 18.5. The van der Waals surface area contributed by atoms with Gasteiger partial charge >= 0.3 is 0 Å². The van der Waals surface area contributed by atoms with Crippen molar-refractivity contribution in [1.82, 2.24) is 15.0 Å². The summed E-state index contributed by atoms with van der Waals surface area (Å²) in [4.78, 5) is 25.1. The molecule has 7 heteroatoms. The van der Waals surface area contributed by atoms with E-state index in [1.54, 1.807) is 37.7 Å². The largest absolute Gasteiger partial charge is 0.494 e. The number of halogens is 1. The summed E-state index contributed by atoms with van der Waals surface area (Å²) in [7, 11) is 1.55. The summed E-state index contributed by atoms with van der Waals surface area (Å²) in [5.41, 5.74) is 2.86. The maximum Gasteiger partial charge on any atom is 0.222 e. The SMILES string of the molecule is COc1cc(-c2ccc(F)cc2)cc2c(NC(C)=O)nc(-c3cccnc3)nc12. The van der Waals surface area contributed by atoms with Crippen LogP contribution in [0.15, 0.2) is 60.9 Å². The van der Waals surface area contributed by atoms with E-state index < -0.39 is 0 Å². The van der Waals surface area contributed by atoms with Crippen LogP contribution in [0.2, 0.25) is 0 Å². The fraction of sp³-hybridized carbons (Fsp3) is 0.0909. The van der Waals surface area contributed by atoms with Crippen LogP contribution in [0.3, 0.4) is 0 Å². The second-order valence-electron chi connectivity index (χ2n) is 6.40. The van der Waals surface area contributed by atoms with Gasteiger partial charge in [0.25, 0.3) is 0 Å². The highest BCUT2D eigenvalue weighted by Crippen LogP contribution is 2.35. The molecule has 0 radical (unpaired) electrons. The number of anilines is 1. The Kier molecular flexibility index (Phi) is 4.87. The number of rotatable bonds is 4. The van der Waals surface area contributed by atoms with E-state index in [0.717, 1.165) is 11.1 Å². The number of carbonyl (C=O) groups is 1. The van der Waals surface area contributed by atoms with Crippen molar-refractivity contribution in [3.05, 3.63) is 66.7 Å². The highest BCUT2D eigenvalue weighted by Gasteiger charge is 2.16. The average molecular weight is 388 g/mol. The van der Waals surface area contributed by atoms with Crippen LogP contribution >= 0.6 is 0 Å². The van der Waals surface area contributed by atoms with Gasteiger partial charge in [0.2, 0.25) is 5.91 Å². The molecule has 1 N–H and O–H groups in total. The van der Waals surface area contributed by atoms with Crippen LogP contribution in [0.25, 0.3) is 33.4 Å². The van der Waals surface area contributed by atoms with Gasteiger partial charge in [-0.15, -0.1) is 0 Å². The second kappa shape index (κ2) is 7.63. The van der Waals surface area contributed by atoms with Crippen LogP contribution in [-0.4, -0.2) is 28.0 Å². The molecular formula is C22H17FN4O2. The maximum atomic E-state index is 13.3. The molecule has 4 rings (SSSR count). The lowest BCUT2D eigenvalue weighted by Crippen LogP contribution is -2.09. The lowest BCUT2D eigenvalue weighted by atomic mass is 10.0. The van der Waals surface area contributed by atoms with Crippen molar-refractivity contribution in [3.8, 4) is 28.3 Å². The molecule has 144 valence electrons. The number of nitrogens with one attached hydrogen (secondary N) is 1. The minimum Gasteiger partial charge on any atom is -0.494 e. The Labute approximate surface area is 166 Å². The molecule has 0 aliphatic heterocycles. The topological polar surface area (TPSA) is 77.0 Å². The van der Waals surface area contributed by atoms with E-state index in [9.17, 15) is 9.18 Å². The number of amides is 1. The van der Waals surface area contributed by atoms with Gasteiger partial charge in [-0.25, -0.2) is 14.4 Å². The zero-order chi connectivity index (χ0) is 20.4. The minimum atomic E-state index is -0.315. The summed E-state index contributed by atoms with van der Waals surface area (Å²) in [6.07, 6.45) is 3.31. The van der Waals surface area contributed by atoms with Crippen molar-refractivity contribution >= 4 is 22.6 Å². The Bertz CT molecular complexity index is 1200. The van der Waals surface area contributed by atoms with E-state index in [1.165, 1.54) is 19.1 Å². The molecule has 6 nitrogen and oxygen atoms in total. The molecule has 1 amide bonds. The molecular weight excluding hydrogens is 371 g/mol. The van der Waals surface area contributed by atoms with Crippen LogP contribution in [0.5, 0.6) is 5.75 Å². The maximum absolute atomic E-state index is 13.3. The zero-order valence-electron chi connectivity index (χ0n) is 15.8. The molecule has 0 aliphatic rings. The quantitative estimate of drug-likeness (QED) is 0.558. The molecule has 0 unspecified atom stereocenters. The number of benzene rings is 2. The lowest BCUT2D eigenvalue weighted by Gasteiger charge is -2.14. The van der Waals surface area contributed by atoms with Crippen molar-refractivity contribution < 1.29 is 13.9 Å². The summed E-state index contributed by atoms with van der Waals surface area (Å²) < 4.78 is 18.9. The van der Waals surface area contributed by atoms with Gasteiger partial charge in [0.1, 0.15) is 22.9 Å². The standard InChI is InChI=1S/C22H17FN4O2/c1-13(28)25-22-18-10-16(14-5-7-17(23)8-6-14)11-19(29-2)20(18)26-21(27-22)15-4-3-9-24-12-15/h3-12H,1-2H3,(H,25,26,27,28). The number of aromatic nitrogens is 3. The summed E-state index contributed by atoms with van der Waals surface area (Å²) in [6, 6.07) is 13.4. The summed E-state index contributed by atoms with van der Waals surface area (Å²) in [5.74, 6) is 0.727. The number of ether oxygens (including phenoxy) is 1. The summed E-state index contributed by atoms with van der Waals surface area (Å²) in [5, 5.41) is 3.39. The molecule has 0 spiro atoms. The van der Waals surface area contributed by atoms with Crippen LogP contribution in [-0.2, 0) is 4.79 Å². The predicted octanol–water partition coefficient (Wildman–Crippen LogP) is 4.46. The molecule has 0 atom stereocenters. The average Bonchev–Trinajstić information content (AvgIpc) is 2.73. The van der Waals surface area contributed by atoms with Gasteiger partial charge < -0.3 is 10.1 Å². The third-order valence-corrected chi connectivity index (χ3v) is 4.38. The molecule has 0 bridgehead atoms. The van der Waals surface area contributed by atoms with E-state index in [2.05, 4.69) is 20.3 Å². The van der Waals surface area contributed by atoms with Crippen LogP contribution in [0, 0.1) is 5.82 Å². The van der Waals surface area contributed by atoms with E-state index in [4.69, 9.17) is 4.74 Å². The predicted molar refractivity (Wildman–Crippen MR) is 109 cm³/mol. The van der Waals surface area contributed by atoms with Crippen molar-refractivity contribution in [2.24, 2.45) is 0 Å². The van der Waals surface area contributed by atoms with Crippen LogP contribution in [0.4, 0.5) is 10.2 Å². The van der Waals surface area contributed by atoms with Gasteiger partial charge in [0.05, 0.1) is 7.11 Å². The van der Waals surface area contributed by atoms with Gasteiger partial charge in [0, 0.05) is 30.3 Å². The summed E-state index contributed by atoms with van der Waals surface area (Å²) in [6.45, 7) is 1.42. The molecule has 2 aromatic carbocycles. The van der Waals surface area contributed by atoms with Crippen molar-refractivity contribution in [1.29, 1.82) is 0 Å². The molecule has 0 aliphatic carbocycles. The van der Waals surface area contributed by atoms with E-state index in [-0.39, 0.29) is 11.7 Å². The molecule has 0 fully saturated rings. The number of hydrogen-bond acceptors (Lipinski definition) is 5. The van der Waals surface area contributed by atoms with Gasteiger partial charge in [-0.3, -0.25) is 9.78 Å². The fourth-order valence-electron chi connectivity index (χ4n) is 3.05. The highest BCUT2D eigenvalue weighted by molar-refractivity contribution is 6.02. The summed E-state index contributed by atoms with van der Waals surface area (Å²) >= 11 is 0. The normalized spacial score (nSPS) is 10.7. The smallest absolute Gasteiger partial charge is 0.222 e. The number of pyridine rings is 1. The number of carbonyl (C=O) groups excluding carboxylic acids is 1. The van der Waals surface area contributed by atoms with E-state index >= 15 is 0 Å². The first-order valence-corrected chi connectivity index (χ1v) is 8.89. The van der Waals surface area contributed by atoms with E-state index in [0.29, 0.717) is 33.9 Å². The Morgan fingerprint density at radius 1 is 1.03 bits per heavy atom. The Hall–Kier alpha value is -3.87. The Morgan fingerprint density at radius 3 is 2.48 bits per heavy atom. The molecule has 4 aromatic rings. The van der Waals surface area contributed by atoms with Gasteiger partial charge in [0.15, 0.2) is 5.82 Å². The zero-order valence-corrected chi connectivity index (χ0v) is 15.8.